The van der Waals surface area contributed by atoms with Gasteiger partial charge < -0.3 is 15.3 Å². The molecule has 8 rings (SSSR count). The molecule has 8 aromatic rings. The molecule has 10 heteroatoms. The van der Waals surface area contributed by atoms with E-state index in [1.165, 1.54) is 31.3 Å². The molecule has 0 bridgehead atoms. The predicted octanol–water partition coefficient (Wildman–Crippen LogP) is 0.0291. The molecule has 1 heterocycles. The minimum absolute atomic E-state index is 0.101. The third-order valence-electron chi connectivity index (χ3n) is 10.5. The van der Waals surface area contributed by atoms with E-state index < -0.39 is 0 Å². The van der Waals surface area contributed by atoms with Gasteiger partial charge in [-0.15, -0.1) is 11.3 Å². The minimum Gasteiger partial charge on any atom is -0.509 e. The van der Waals surface area contributed by atoms with Gasteiger partial charge in [-0.25, -0.2) is 0 Å². The van der Waals surface area contributed by atoms with Crippen LogP contribution < -0.4 is 32.8 Å². The Morgan fingerprint density at radius 2 is 1.02 bits per heavy atom. The van der Waals surface area contributed by atoms with Crippen molar-refractivity contribution in [3.8, 4) is 49.9 Å². The molecule has 7 aromatic carbocycles. The number of rotatable bonds is 3. The van der Waals surface area contributed by atoms with Gasteiger partial charge in [0.25, 0.3) is 0 Å². The van der Waals surface area contributed by atoms with E-state index in [-0.39, 0.29) is 11.5 Å². The molecule has 0 aliphatic heterocycles. The van der Waals surface area contributed by atoms with Crippen molar-refractivity contribution in [1.29, 1.82) is 0 Å². The Labute approximate surface area is 288 Å². The van der Waals surface area contributed by atoms with Gasteiger partial charge >= 0.3 is 0 Å². The van der Waals surface area contributed by atoms with E-state index >= 15 is 0 Å². The molecular formula is C38H30B6O3S. The number of benzene rings is 7. The summed E-state index contributed by atoms with van der Waals surface area (Å²) in [5.74, 6) is 0.494. The molecule has 48 heavy (non-hydrogen) atoms. The number of hydrogen-bond donors (Lipinski definition) is 3. The molecule has 0 amide bonds. The third-order valence-corrected chi connectivity index (χ3v) is 11.7. The second-order valence-corrected chi connectivity index (χ2v) is 14.2. The first-order valence-corrected chi connectivity index (χ1v) is 17.1. The highest BCUT2D eigenvalue weighted by molar-refractivity contribution is 7.22. The van der Waals surface area contributed by atoms with Crippen molar-refractivity contribution in [2.24, 2.45) is 0 Å². The number of phenols is 3. The van der Waals surface area contributed by atoms with Crippen LogP contribution in [-0.4, -0.2) is 62.4 Å². The maximum Gasteiger partial charge on any atom is 0.149 e. The highest BCUT2D eigenvalue weighted by Gasteiger charge is 2.26. The van der Waals surface area contributed by atoms with Crippen molar-refractivity contribution in [1.82, 2.24) is 0 Å². The van der Waals surface area contributed by atoms with Crippen LogP contribution in [0.2, 0.25) is 0 Å². The Bertz CT molecular complexity index is 2650. The molecule has 224 valence electrons. The fraction of sp³-hybridized carbons (Fsp3) is 0. The predicted molar refractivity (Wildman–Crippen MR) is 225 cm³/mol. The fourth-order valence-corrected chi connectivity index (χ4v) is 8.93. The van der Waals surface area contributed by atoms with Crippen LogP contribution >= 0.6 is 11.3 Å². The van der Waals surface area contributed by atoms with Gasteiger partial charge in [-0.2, -0.15) is 0 Å². The zero-order valence-electron chi connectivity index (χ0n) is 27.9. The Morgan fingerprint density at radius 3 is 1.73 bits per heavy atom. The number of aromatic hydroxyl groups is 3. The lowest BCUT2D eigenvalue weighted by atomic mass is 9.66. The molecule has 0 spiro atoms. The van der Waals surface area contributed by atoms with Crippen LogP contribution in [0.4, 0.5) is 0 Å². The average molecular weight is 632 g/mol. The average Bonchev–Trinajstić information content (AvgIpc) is 3.54. The van der Waals surface area contributed by atoms with Gasteiger partial charge in [0.05, 0.1) is 0 Å². The van der Waals surface area contributed by atoms with Crippen molar-refractivity contribution < 1.29 is 15.3 Å². The summed E-state index contributed by atoms with van der Waals surface area (Å²) >= 11 is 1.81. The van der Waals surface area contributed by atoms with Crippen LogP contribution in [-0.2, 0) is 0 Å². The van der Waals surface area contributed by atoms with Crippen molar-refractivity contribution in [3.63, 3.8) is 0 Å². The number of fused-ring (bicyclic) bond motifs is 4. The van der Waals surface area contributed by atoms with Crippen molar-refractivity contribution in [2.45, 2.75) is 0 Å². The zero-order valence-corrected chi connectivity index (χ0v) is 28.7. The summed E-state index contributed by atoms with van der Waals surface area (Å²) in [5.41, 5.74) is 9.71. The van der Waals surface area contributed by atoms with E-state index in [2.05, 4.69) is 92.8 Å². The monoisotopic (exact) mass is 632 g/mol. The maximum atomic E-state index is 11.5. The third kappa shape index (κ3) is 4.28. The molecule has 0 fully saturated rings. The Hall–Kier alpha value is -4.93. The topological polar surface area (TPSA) is 60.7 Å². The molecule has 0 radical (unpaired) electrons. The second-order valence-electron chi connectivity index (χ2n) is 13.1. The highest BCUT2D eigenvalue weighted by Crippen LogP contribution is 2.45. The lowest BCUT2D eigenvalue weighted by Gasteiger charge is -2.26. The maximum absolute atomic E-state index is 11.5. The van der Waals surface area contributed by atoms with Crippen molar-refractivity contribution in [3.05, 3.63) is 91.0 Å². The Balaban J connectivity index is 1.49. The summed E-state index contributed by atoms with van der Waals surface area (Å²) in [4.78, 5) is 1.23. The van der Waals surface area contributed by atoms with Gasteiger partial charge in [0.15, 0.2) is 0 Å². The highest BCUT2D eigenvalue weighted by atomic mass is 32.1. The van der Waals surface area contributed by atoms with Crippen LogP contribution in [0, 0.1) is 0 Å². The van der Waals surface area contributed by atoms with E-state index in [0.717, 1.165) is 71.1 Å². The Morgan fingerprint density at radius 1 is 0.438 bits per heavy atom. The van der Waals surface area contributed by atoms with Gasteiger partial charge in [0.2, 0.25) is 0 Å². The lowest BCUT2D eigenvalue weighted by Crippen LogP contribution is -2.34. The van der Waals surface area contributed by atoms with E-state index in [4.69, 9.17) is 0 Å². The summed E-state index contributed by atoms with van der Waals surface area (Å²) in [7, 11) is 11.6. The van der Waals surface area contributed by atoms with Crippen molar-refractivity contribution in [2.75, 3.05) is 0 Å². The zero-order chi connectivity index (χ0) is 33.6. The number of hydrogen-bond acceptors (Lipinski definition) is 4. The first-order valence-electron chi connectivity index (χ1n) is 16.3. The van der Waals surface area contributed by atoms with Crippen LogP contribution in [0.25, 0.3) is 75.1 Å². The summed E-state index contributed by atoms with van der Waals surface area (Å²) < 4.78 is 1.22. The van der Waals surface area contributed by atoms with Crippen LogP contribution in [0.1, 0.15) is 0 Å². The van der Waals surface area contributed by atoms with Crippen LogP contribution in [0.3, 0.4) is 0 Å². The molecule has 0 aliphatic rings. The Kier molecular flexibility index (Phi) is 7.01. The van der Waals surface area contributed by atoms with Crippen LogP contribution in [0.15, 0.2) is 91.0 Å². The number of phenolic OH excluding ortho intramolecular Hbond substituents is 3. The molecular weight excluding hydrogens is 601 g/mol. The molecule has 0 atom stereocenters. The van der Waals surface area contributed by atoms with E-state index in [9.17, 15) is 15.3 Å². The first kappa shape index (κ1) is 30.4. The molecule has 0 saturated carbocycles. The minimum atomic E-state index is 0.101. The molecule has 3 N–H and O–H groups in total. The smallest absolute Gasteiger partial charge is 0.149 e. The number of thiophene rings is 1. The van der Waals surface area contributed by atoms with E-state index in [1.807, 2.05) is 37.5 Å². The fourth-order valence-electron chi connectivity index (χ4n) is 7.85. The molecule has 3 nitrogen and oxygen atoms in total. The second kappa shape index (κ2) is 11.1. The lowest BCUT2D eigenvalue weighted by molar-refractivity contribution is 0.464. The largest absolute Gasteiger partial charge is 0.509 e. The van der Waals surface area contributed by atoms with Gasteiger partial charge in [0, 0.05) is 9.58 Å². The summed E-state index contributed by atoms with van der Waals surface area (Å²) in [5, 5.41) is 41.7. The van der Waals surface area contributed by atoms with Gasteiger partial charge in [-0.05, 0) is 106 Å². The van der Waals surface area contributed by atoms with Gasteiger partial charge in [-0.1, -0.05) is 83.7 Å². The normalized spacial score (nSPS) is 11.7. The summed E-state index contributed by atoms with van der Waals surface area (Å²) in [6.45, 7) is 0. The van der Waals surface area contributed by atoms with Gasteiger partial charge in [0.1, 0.15) is 64.3 Å². The molecule has 0 unspecified atom stereocenters. The first-order chi connectivity index (χ1) is 23.1. The standard InChI is InChI=1S/C38H30B6O3S/c39-30-28-26(29-32(41)37(46)35(44)38(47)33(29)42)22-10-4-3-9-21(22)25(27(28)31(40)36(45)34(30)43)17-12-13-23-18(14-17)15-24(48-23)20-11-5-7-16-6-1-2-8-19(16)20/h1-15,45-47H,39-44H2. The van der Waals surface area contributed by atoms with E-state index in [1.54, 1.807) is 19.2 Å². The summed E-state index contributed by atoms with van der Waals surface area (Å²) in [6, 6.07) is 32.4. The quantitative estimate of drug-likeness (QED) is 0.191. The van der Waals surface area contributed by atoms with Crippen LogP contribution in [0.5, 0.6) is 17.2 Å². The van der Waals surface area contributed by atoms with Crippen molar-refractivity contribution >= 4 is 134 Å². The molecule has 0 saturated heterocycles. The molecule has 0 aliphatic carbocycles. The van der Waals surface area contributed by atoms with E-state index in [0.29, 0.717) is 11.2 Å². The van der Waals surface area contributed by atoms with Gasteiger partial charge in [-0.3, -0.25) is 0 Å². The SMILES string of the molecule is Bc1c(O)c(B)c(-c2c3ccccc3c(-c3ccc4sc(-c5cccc6ccccc56)cc4c3)c3c(B)c(O)c(B)c(B)c23)c(B)c1O. The molecule has 1 aromatic heterocycles. The summed E-state index contributed by atoms with van der Waals surface area (Å²) in [6.07, 6.45) is 0.